The molecule has 56 valence electrons. The van der Waals surface area contributed by atoms with E-state index in [1.165, 1.54) is 17.7 Å². The molecule has 6 heteroatoms. The zero-order valence-electron chi connectivity index (χ0n) is 5.80. The van der Waals surface area contributed by atoms with Crippen LogP contribution in [0.3, 0.4) is 0 Å². The van der Waals surface area contributed by atoms with Gasteiger partial charge in [-0.2, -0.15) is 9.78 Å². The Balaban J connectivity index is 2.45. The highest BCUT2D eigenvalue weighted by molar-refractivity contribution is 7.13. The molecule has 0 fully saturated rings. The summed E-state index contributed by atoms with van der Waals surface area (Å²) in [6.45, 7) is 1.90. The summed E-state index contributed by atoms with van der Waals surface area (Å²) < 4.78 is 1.59. The average Bonchev–Trinajstić information content (AvgIpc) is 2.55. The second-order valence-corrected chi connectivity index (χ2v) is 3.10. The van der Waals surface area contributed by atoms with Gasteiger partial charge < -0.3 is 0 Å². The third kappa shape index (κ3) is 1.12. The maximum atomic E-state index is 3.91. The maximum Gasteiger partial charge on any atom is 0.234 e. The van der Waals surface area contributed by atoms with Crippen LogP contribution >= 0.6 is 11.3 Å². The molecular formula is C5H5N5S. The summed E-state index contributed by atoms with van der Waals surface area (Å²) in [6.07, 6.45) is 3.07. The molecule has 0 bridgehead atoms. The van der Waals surface area contributed by atoms with Crippen LogP contribution in [-0.2, 0) is 0 Å². The molecule has 0 aromatic carbocycles. The van der Waals surface area contributed by atoms with Crippen molar-refractivity contribution in [2.75, 3.05) is 0 Å². The maximum absolute atomic E-state index is 3.91. The highest BCUT2D eigenvalue weighted by Crippen LogP contribution is 2.10. The minimum Gasteiger partial charge on any atom is -0.223 e. The van der Waals surface area contributed by atoms with Crippen molar-refractivity contribution in [3.8, 4) is 5.13 Å². The lowest BCUT2D eigenvalue weighted by Gasteiger charge is -1.86. The molecule has 0 amide bonds. The molecule has 0 spiro atoms. The number of hydrogen-bond acceptors (Lipinski definition) is 5. The first-order valence-electron chi connectivity index (χ1n) is 3.01. The quantitative estimate of drug-likeness (QED) is 0.618. The Morgan fingerprint density at radius 3 is 2.91 bits per heavy atom. The lowest BCUT2D eigenvalue weighted by atomic mass is 10.9. The van der Waals surface area contributed by atoms with Gasteiger partial charge >= 0.3 is 0 Å². The summed E-state index contributed by atoms with van der Waals surface area (Å²) in [5.41, 5.74) is 0. The van der Waals surface area contributed by atoms with Crippen LogP contribution in [-0.4, -0.2) is 25.0 Å². The van der Waals surface area contributed by atoms with Crippen molar-refractivity contribution in [2.45, 2.75) is 6.92 Å². The second kappa shape index (κ2) is 2.39. The van der Waals surface area contributed by atoms with Crippen molar-refractivity contribution in [1.82, 2.24) is 25.0 Å². The van der Waals surface area contributed by atoms with E-state index in [0.29, 0.717) is 0 Å². The topological polar surface area (TPSA) is 56.5 Å². The van der Waals surface area contributed by atoms with E-state index in [0.717, 1.165) is 10.1 Å². The molecule has 0 saturated carbocycles. The van der Waals surface area contributed by atoms with Crippen molar-refractivity contribution in [1.29, 1.82) is 0 Å². The molecule has 11 heavy (non-hydrogen) atoms. The molecular weight excluding hydrogens is 162 g/mol. The summed E-state index contributed by atoms with van der Waals surface area (Å²) in [6, 6.07) is 0. The first kappa shape index (κ1) is 6.41. The predicted octanol–water partition coefficient (Wildman–Crippen LogP) is 0.427. The Morgan fingerprint density at radius 2 is 2.36 bits per heavy atom. The fourth-order valence-electron chi connectivity index (χ4n) is 0.686. The van der Waals surface area contributed by atoms with Gasteiger partial charge in [0, 0.05) is 0 Å². The third-order valence-corrected chi connectivity index (χ3v) is 1.96. The number of nitrogens with zero attached hydrogens (tertiary/aromatic N) is 5. The molecule has 0 atom stereocenters. The van der Waals surface area contributed by atoms with Gasteiger partial charge in [0.25, 0.3) is 0 Å². The lowest BCUT2D eigenvalue weighted by Crippen LogP contribution is -1.92. The monoisotopic (exact) mass is 167 g/mol. The first-order chi connectivity index (χ1) is 5.36. The lowest BCUT2D eigenvalue weighted by molar-refractivity contribution is 0.842. The Bertz CT molecular complexity index is 337. The highest BCUT2D eigenvalue weighted by atomic mass is 32.1. The zero-order chi connectivity index (χ0) is 7.68. The summed E-state index contributed by atoms with van der Waals surface area (Å²) >= 11 is 1.48. The van der Waals surface area contributed by atoms with E-state index in [1.54, 1.807) is 11.0 Å². The van der Waals surface area contributed by atoms with Crippen LogP contribution in [0.2, 0.25) is 0 Å². The summed E-state index contributed by atoms with van der Waals surface area (Å²) in [5.74, 6) is 0. The van der Waals surface area contributed by atoms with Crippen molar-refractivity contribution in [3.63, 3.8) is 0 Å². The fraction of sp³-hybridized carbons (Fsp3) is 0.200. The molecule has 2 rings (SSSR count). The number of rotatable bonds is 1. The molecule has 2 heterocycles. The number of aryl methyl sites for hydroxylation is 1. The molecule has 0 aliphatic heterocycles. The van der Waals surface area contributed by atoms with Crippen molar-refractivity contribution in [2.24, 2.45) is 0 Å². The summed E-state index contributed by atoms with van der Waals surface area (Å²) in [5, 5.41) is 13.3. The molecule has 2 aromatic rings. The van der Waals surface area contributed by atoms with Gasteiger partial charge in [0.15, 0.2) is 0 Å². The zero-order valence-corrected chi connectivity index (χ0v) is 6.62. The SMILES string of the molecule is Cc1nnc(-n2cncn2)s1. The third-order valence-electron chi connectivity index (χ3n) is 1.13. The van der Waals surface area contributed by atoms with Gasteiger partial charge in [0.2, 0.25) is 5.13 Å². The van der Waals surface area contributed by atoms with Crippen LogP contribution in [0.1, 0.15) is 5.01 Å². The van der Waals surface area contributed by atoms with E-state index in [2.05, 4.69) is 20.3 Å². The van der Waals surface area contributed by atoms with E-state index in [1.807, 2.05) is 6.92 Å². The van der Waals surface area contributed by atoms with Gasteiger partial charge in [0.05, 0.1) is 0 Å². The Morgan fingerprint density at radius 1 is 1.45 bits per heavy atom. The van der Waals surface area contributed by atoms with Gasteiger partial charge in [-0.3, -0.25) is 0 Å². The van der Waals surface area contributed by atoms with E-state index in [-0.39, 0.29) is 0 Å². The van der Waals surface area contributed by atoms with Crippen LogP contribution in [0, 0.1) is 6.92 Å². The minimum atomic E-state index is 0.750. The minimum absolute atomic E-state index is 0.750. The van der Waals surface area contributed by atoms with Crippen LogP contribution in [0.15, 0.2) is 12.7 Å². The number of hydrogen-bond donors (Lipinski definition) is 0. The van der Waals surface area contributed by atoms with E-state index >= 15 is 0 Å². The second-order valence-electron chi connectivity index (χ2n) is 1.94. The molecule has 0 radical (unpaired) electrons. The normalized spacial score (nSPS) is 10.3. The molecule has 0 unspecified atom stereocenters. The van der Waals surface area contributed by atoms with Gasteiger partial charge in [-0.05, 0) is 6.92 Å². The molecule has 0 aliphatic carbocycles. The first-order valence-corrected chi connectivity index (χ1v) is 3.83. The molecule has 5 nitrogen and oxygen atoms in total. The van der Waals surface area contributed by atoms with Crippen LogP contribution < -0.4 is 0 Å². The Kier molecular flexibility index (Phi) is 1.39. The average molecular weight is 167 g/mol. The standard InChI is InChI=1S/C5H5N5S/c1-4-8-9-5(11-4)10-3-6-2-7-10/h2-3H,1H3. The van der Waals surface area contributed by atoms with Crippen molar-refractivity contribution in [3.05, 3.63) is 17.7 Å². The van der Waals surface area contributed by atoms with Gasteiger partial charge in [-0.15, -0.1) is 10.2 Å². The van der Waals surface area contributed by atoms with Crippen molar-refractivity contribution < 1.29 is 0 Å². The van der Waals surface area contributed by atoms with E-state index in [4.69, 9.17) is 0 Å². The Labute approximate surface area is 66.7 Å². The van der Waals surface area contributed by atoms with Crippen LogP contribution in [0.5, 0.6) is 0 Å². The predicted molar refractivity (Wildman–Crippen MR) is 39.6 cm³/mol. The largest absolute Gasteiger partial charge is 0.234 e. The van der Waals surface area contributed by atoms with Crippen LogP contribution in [0.4, 0.5) is 0 Å². The molecule has 0 saturated heterocycles. The van der Waals surface area contributed by atoms with E-state index in [9.17, 15) is 0 Å². The highest BCUT2D eigenvalue weighted by Gasteiger charge is 2.01. The molecule has 0 N–H and O–H groups in total. The van der Waals surface area contributed by atoms with E-state index < -0.39 is 0 Å². The van der Waals surface area contributed by atoms with Crippen LogP contribution in [0.25, 0.3) is 5.13 Å². The van der Waals surface area contributed by atoms with Gasteiger partial charge in [0.1, 0.15) is 17.7 Å². The fourth-order valence-corrected chi connectivity index (χ4v) is 1.30. The Hall–Kier alpha value is -1.30. The molecule has 2 aromatic heterocycles. The van der Waals surface area contributed by atoms with Gasteiger partial charge in [-0.25, -0.2) is 4.98 Å². The molecule has 0 aliphatic rings. The van der Waals surface area contributed by atoms with Crippen molar-refractivity contribution >= 4 is 11.3 Å². The smallest absolute Gasteiger partial charge is 0.223 e. The summed E-state index contributed by atoms with van der Waals surface area (Å²) in [4.78, 5) is 3.80. The van der Waals surface area contributed by atoms with Gasteiger partial charge in [-0.1, -0.05) is 11.3 Å². The number of aromatic nitrogens is 5. The summed E-state index contributed by atoms with van der Waals surface area (Å²) in [7, 11) is 0.